The second-order valence-electron chi connectivity index (χ2n) is 7.24. The van der Waals surface area contributed by atoms with Crippen molar-refractivity contribution >= 4 is 5.96 Å². The van der Waals surface area contributed by atoms with Crippen LogP contribution in [0.4, 0.5) is 0 Å². The van der Waals surface area contributed by atoms with E-state index in [9.17, 15) is 0 Å². The third-order valence-corrected chi connectivity index (χ3v) is 4.81. The molecule has 28 heavy (non-hydrogen) atoms. The van der Waals surface area contributed by atoms with Crippen LogP contribution in [0.25, 0.3) is 0 Å². The molecule has 1 aliphatic rings. The largest absolute Gasteiger partial charge is 0.491 e. The third kappa shape index (κ3) is 8.48. The van der Waals surface area contributed by atoms with E-state index in [0.29, 0.717) is 19.1 Å². The number of aliphatic imine (C=N–C) groups is 1. The van der Waals surface area contributed by atoms with Gasteiger partial charge < -0.3 is 24.8 Å². The Morgan fingerprint density at radius 1 is 1.14 bits per heavy atom. The van der Waals surface area contributed by atoms with Crippen LogP contribution >= 0.6 is 0 Å². The fraction of sp³-hybridized carbons (Fsp3) is 0.682. The highest BCUT2D eigenvalue weighted by molar-refractivity contribution is 5.79. The van der Waals surface area contributed by atoms with Gasteiger partial charge in [-0.25, -0.2) is 0 Å². The van der Waals surface area contributed by atoms with Crippen LogP contribution in [0.15, 0.2) is 23.2 Å². The first-order chi connectivity index (χ1) is 13.7. The highest BCUT2D eigenvalue weighted by Crippen LogP contribution is 2.21. The first-order valence-electron chi connectivity index (χ1n) is 10.6. The average molecular weight is 392 g/mol. The van der Waals surface area contributed by atoms with Gasteiger partial charge in [-0.3, -0.25) is 4.99 Å². The topological polar surface area (TPSA) is 64.1 Å². The number of para-hydroxylation sites is 1. The van der Waals surface area contributed by atoms with Gasteiger partial charge in [0.25, 0.3) is 0 Å². The maximum atomic E-state index is 5.94. The van der Waals surface area contributed by atoms with Crippen molar-refractivity contribution in [3.05, 3.63) is 29.3 Å². The summed E-state index contributed by atoms with van der Waals surface area (Å²) < 4.78 is 17.1. The van der Waals surface area contributed by atoms with Gasteiger partial charge in [0.15, 0.2) is 5.96 Å². The van der Waals surface area contributed by atoms with Crippen LogP contribution in [0.2, 0.25) is 0 Å². The molecule has 0 radical (unpaired) electrons. The first-order valence-corrected chi connectivity index (χ1v) is 10.6. The summed E-state index contributed by atoms with van der Waals surface area (Å²) in [5.74, 6) is 2.47. The first kappa shape index (κ1) is 22.5. The van der Waals surface area contributed by atoms with Gasteiger partial charge in [0.2, 0.25) is 0 Å². The summed E-state index contributed by atoms with van der Waals surface area (Å²) >= 11 is 0. The van der Waals surface area contributed by atoms with Gasteiger partial charge in [-0.15, -0.1) is 0 Å². The van der Waals surface area contributed by atoms with E-state index in [1.54, 1.807) is 0 Å². The lowest BCUT2D eigenvalue weighted by Gasteiger charge is -2.21. The van der Waals surface area contributed by atoms with Gasteiger partial charge in [0, 0.05) is 39.5 Å². The van der Waals surface area contributed by atoms with E-state index in [1.807, 2.05) is 0 Å². The van der Waals surface area contributed by atoms with Crippen molar-refractivity contribution in [3.63, 3.8) is 0 Å². The molecular weight excluding hydrogens is 354 g/mol. The van der Waals surface area contributed by atoms with Crippen molar-refractivity contribution in [2.75, 3.05) is 52.7 Å². The molecule has 1 fully saturated rings. The highest BCUT2D eigenvalue weighted by atomic mass is 16.5. The molecule has 158 valence electrons. The summed E-state index contributed by atoms with van der Waals surface area (Å²) in [6.45, 7) is 12.5. The van der Waals surface area contributed by atoms with Crippen molar-refractivity contribution < 1.29 is 14.2 Å². The molecule has 1 saturated heterocycles. The molecule has 0 bridgehead atoms. The predicted molar refractivity (Wildman–Crippen MR) is 114 cm³/mol. The molecule has 6 nitrogen and oxygen atoms in total. The molecule has 1 aromatic carbocycles. The summed E-state index contributed by atoms with van der Waals surface area (Å²) in [5.41, 5.74) is 2.34. The van der Waals surface area contributed by atoms with Gasteiger partial charge in [-0.1, -0.05) is 18.2 Å². The minimum absolute atomic E-state index is 0.602. The van der Waals surface area contributed by atoms with E-state index in [0.717, 1.165) is 70.5 Å². The van der Waals surface area contributed by atoms with Crippen LogP contribution in [0.5, 0.6) is 5.75 Å². The normalized spacial score (nSPS) is 15.5. The molecule has 0 unspecified atom stereocenters. The Labute approximate surface area is 170 Å². The van der Waals surface area contributed by atoms with E-state index in [1.165, 1.54) is 11.1 Å². The average Bonchev–Trinajstić information content (AvgIpc) is 2.70. The Kier molecular flexibility index (Phi) is 10.8. The van der Waals surface area contributed by atoms with Crippen molar-refractivity contribution in [3.8, 4) is 5.75 Å². The summed E-state index contributed by atoms with van der Waals surface area (Å²) in [7, 11) is 0. The number of benzene rings is 1. The number of guanidine groups is 1. The molecule has 6 heteroatoms. The molecule has 2 rings (SSSR count). The second kappa shape index (κ2) is 13.4. The minimum atomic E-state index is 0.602. The van der Waals surface area contributed by atoms with E-state index in [-0.39, 0.29) is 0 Å². The number of ether oxygens (including phenoxy) is 3. The third-order valence-electron chi connectivity index (χ3n) is 4.81. The van der Waals surface area contributed by atoms with Crippen LogP contribution < -0.4 is 15.4 Å². The molecular formula is C22H37N3O3. The zero-order chi connectivity index (χ0) is 20.0. The van der Waals surface area contributed by atoms with Crippen LogP contribution in [-0.4, -0.2) is 58.6 Å². The summed E-state index contributed by atoms with van der Waals surface area (Å²) in [4.78, 5) is 4.62. The number of hydrogen-bond acceptors (Lipinski definition) is 4. The Morgan fingerprint density at radius 2 is 1.89 bits per heavy atom. The molecule has 0 amide bonds. The molecule has 1 heterocycles. The Bertz CT molecular complexity index is 566. The number of rotatable bonds is 11. The standard InChI is InChI=1S/C22H37N3O3/c1-4-23-22(24-11-6-13-27-17-20-9-14-26-15-10-20)25-12-16-28-21-18(2)7-5-8-19(21)3/h5,7-8,20H,4,6,9-17H2,1-3H3,(H2,23,24,25). The molecule has 1 aromatic rings. The van der Waals surface area contributed by atoms with Gasteiger partial charge in [-0.05, 0) is 57.1 Å². The molecule has 1 aliphatic heterocycles. The monoisotopic (exact) mass is 391 g/mol. The quantitative estimate of drug-likeness (QED) is 0.345. The van der Waals surface area contributed by atoms with E-state index < -0.39 is 0 Å². The summed E-state index contributed by atoms with van der Waals surface area (Å²) in [5, 5.41) is 6.61. The number of nitrogens with one attached hydrogen (secondary N) is 2. The molecule has 0 saturated carbocycles. The van der Waals surface area contributed by atoms with Crippen LogP contribution in [0, 0.1) is 19.8 Å². The zero-order valence-corrected chi connectivity index (χ0v) is 17.8. The summed E-state index contributed by atoms with van der Waals surface area (Å²) in [6, 6.07) is 6.20. The Balaban J connectivity index is 1.60. The van der Waals surface area contributed by atoms with Gasteiger partial charge in [-0.2, -0.15) is 0 Å². The van der Waals surface area contributed by atoms with E-state index in [4.69, 9.17) is 14.2 Å². The molecule has 0 aromatic heterocycles. The fourth-order valence-electron chi connectivity index (χ4n) is 3.21. The maximum Gasteiger partial charge on any atom is 0.191 e. The smallest absolute Gasteiger partial charge is 0.191 e. The van der Waals surface area contributed by atoms with Gasteiger partial charge in [0.1, 0.15) is 12.4 Å². The Hall–Kier alpha value is -1.79. The van der Waals surface area contributed by atoms with Crippen LogP contribution in [-0.2, 0) is 9.47 Å². The lowest BCUT2D eigenvalue weighted by molar-refractivity contribution is 0.0205. The lowest BCUT2D eigenvalue weighted by Crippen LogP contribution is -2.39. The van der Waals surface area contributed by atoms with E-state index in [2.05, 4.69) is 54.6 Å². The van der Waals surface area contributed by atoms with Gasteiger partial charge in [0.05, 0.1) is 6.54 Å². The SMILES string of the molecule is CCNC(=NCCCOCC1CCOCC1)NCCOc1c(C)cccc1C. The second-order valence-corrected chi connectivity index (χ2v) is 7.24. The van der Waals surface area contributed by atoms with Crippen molar-refractivity contribution in [2.24, 2.45) is 10.9 Å². The molecule has 0 atom stereocenters. The van der Waals surface area contributed by atoms with Crippen LogP contribution in [0.3, 0.4) is 0 Å². The van der Waals surface area contributed by atoms with E-state index >= 15 is 0 Å². The Morgan fingerprint density at radius 3 is 2.61 bits per heavy atom. The number of hydrogen-bond donors (Lipinski definition) is 2. The number of aryl methyl sites for hydroxylation is 2. The summed E-state index contributed by atoms with van der Waals surface area (Å²) in [6.07, 6.45) is 3.17. The predicted octanol–water partition coefficient (Wildman–Crippen LogP) is 3.07. The van der Waals surface area contributed by atoms with Crippen molar-refractivity contribution in [2.45, 2.75) is 40.0 Å². The molecule has 0 aliphatic carbocycles. The van der Waals surface area contributed by atoms with Crippen LogP contribution in [0.1, 0.15) is 37.3 Å². The molecule has 0 spiro atoms. The van der Waals surface area contributed by atoms with Gasteiger partial charge >= 0.3 is 0 Å². The minimum Gasteiger partial charge on any atom is -0.491 e. The highest BCUT2D eigenvalue weighted by Gasteiger charge is 2.13. The lowest BCUT2D eigenvalue weighted by atomic mass is 10.0. The fourth-order valence-corrected chi connectivity index (χ4v) is 3.21. The maximum absolute atomic E-state index is 5.94. The molecule has 2 N–H and O–H groups in total. The van der Waals surface area contributed by atoms with Crippen molar-refractivity contribution in [1.29, 1.82) is 0 Å². The zero-order valence-electron chi connectivity index (χ0n) is 17.8. The number of nitrogens with zero attached hydrogens (tertiary/aromatic N) is 1. The van der Waals surface area contributed by atoms with Crippen molar-refractivity contribution in [1.82, 2.24) is 10.6 Å².